The van der Waals surface area contributed by atoms with Crippen molar-refractivity contribution in [2.45, 2.75) is 49.3 Å². The predicted octanol–water partition coefficient (Wildman–Crippen LogP) is 4.32. The molecule has 1 atom stereocenters. The summed E-state index contributed by atoms with van der Waals surface area (Å²) in [6.45, 7) is 7.89. The Morgan fingerprint density at radius 1 is 0.837 bits per heavy atom. The standard InChI is InChI=1S/C36H44N4O8S/c1-25(2)47-33-9-7-6-8-30(33)36(48-35(42)39-22-20-38(21-23-39)26-16-18-37(3)19-17-26)31-24-28(46-5)12-15-32(31)40(34(36)41)49(43,44)29-13-10-27(45-4)11-14-29/h6-15,24-26H,16-23H2,1-5H3. The lowest BCUT2D eigenvalue weighted by Crippen LogP contribution is -2.55. The maximum Gasteiger partial charge on any atom is 0.411 e. The van der Waals surface area contributed by atoms with Gasteiger partial charge in [0.2, 0.25) is 5.60 Å². The Bertz CT molecular complexity index is 1780. The average Bonchev–Trinajstić information content (AvgIpc) is 3.36. The third-order valence-electron chi connectivity index (χ3n) is 9.53. The van der Waals surface area contributed by atoms with Crippen LogP contribution in [-0.4, -0.2) is 108 Å². The molecule has 0 bridgehead atoms. The monoisotopic (exact) mass is 692 g/mol. The summed E-state index contributed by atoms with van der Waals surface area (Å²) in [4.78, 5) is 35.6. The molecule has 1 unspecified atom stereocenters. The molecule has 2 amide bonds. The maximum atomic E-state index is 15.1. The quantitative estimate of drug-likeness (QED) is 0.321. The molecule has 6 rings (SSSR count). The van der Waals surface area contributed by atoms with Crippen LogP contribution in [0.2, 0.25) is 0 Å². The van der Waals surface area contributed by atoms with E-state index >= 15 is 4.79 Å². The van der Waals surface area contributed by atoms with Gasteiger partial charge in [-0.2, -0.15) is 4.31 Å². The fraction of sp³-hybridized carbons (Fsp3) is 0.444. The molecule has 12 nitrogen and oxygen atoms in total. The number of rotatable bonds is 9. The van der Waals surface area contributed by atoms with E-state index in [1.165, 1.54) is 44.6 Å². The van der Waals surface area contributed by atoms with Gasteiger partial charge in [0.1, 0.15) is 17.2 Å². The Hall–Kier alpha value is -4.33. The number of carbonyl (C=O) groups excluding carboxylic acids is 2. The zero-order valence-corrected chi connectivity index (χ0v) is 29.4. The normalized spacial score (nSPS) is 20.7. The third-order valence-corrected chi connectivity index (χ3v) is 11.2. The van der Waals surface area contributed by atoms with Crippen LogP contribution in [0.25, 0.3) is 0 Å². The smallest absolute Gasteiger partial charge is 0.411 e. The molecule has 0 aromatic heterocycles. The average molecular weight is 693 g/mol. The number of para-hydroxylation sites is 1. The molecule has 2 saturated heterocycles. The topological polar surface area (TPSA) is 118 Å². The van der Waals surface area contributed by atoms with Gasteiger partial charge in [0.25, 0.3) is 15.9 Å². The second-order valence-corrected chi connectivity index (χ2v) is 14.7. The molecule has 2 fully saturated rings. The number of nitrogens with zero attached hydrogens (tertiary/aromatic N) is 4. The summed E-state index contributed by atoms with van der Waals surface area (Å²) in [5, 5.41) is 0. The molecular weight excluding hydrogens is 648 g/mol. The van der Waals surface area contributed by atoms with Crippen molar-refractivity contribution in [2.75, 3.05) is 64.8 Å². The minimum absolute atomic E-state index is 0.0425. The SMILES string of the molecule is COc1ccc(S(=O)(=O)N2C(=O)C(OC(=O)N3CCN(C4CCN(C)CC4)CC3)(c3ccccc3OC(C)C)c3cc(OC)ccc32)cc1. The second-order valence-electron chi connectivity index (χ2n) is 12.9. The van der Waals surface area contributed by atoms with Crippen LogP contribution in [0.3, 0.4) is 0 Å². The van der Waals surface area contributed by atoms with Crippen LogP contribution in [0.4, 0.5) is 10.5 Å². The Morgan fingerprint density at radius 2 is 1.47 bits per heavy atom. The lowest BCUT2D eigenvalue weighted by Gasteiger charge is -2.42. The number of methoxy groups -OCH3 is 2. The molecule has 3 aliphatic heterocycles. The highest BCUT2D eigenvalue weighted by molar-refractivity contribution is 7.93. The van der Waals surface area contributed by atoms with E-state index in [4.69, 9.17) is 18.9 Å². The van der Waals surface area contributed by atoms with Gasteiger partial charge in [0.05, 0.1) is 36.5 Å². The minimum atomic E-state index is -4.51. The zero-order chi connectivity index (χ0) is 34.9. The van der Waals surface area contributed by atoms with Gasteiger partial charge >= 0.3 is 6.09 Å². The van der Waals surface area contributed by atoms with Gasteiger partial charge in [-0.15, -0.1) is 0 Å². The second kappa shape index (κ2) is 13.9. The molecule has 49 heavy (non-hydrogen) atoms. The van der Waals surface area contributed by atoms with Gasteiger partial charge in [-0.05, 0) is 95.4 Å². The molecule has 3 aromatic carbocycles. The number of hydrogen-bond donors (Lipinski definition) is 0. The Kier molecular flexibility index (Phi) is 9.79. The molecule has 262 valence electrons. The number of amides is 2. The largest absolute Gasteiger partial charge is 0.497 e. The summed E-state index contributed by atoms with van der Waals surface area (Å²) < 4.78 is 52.8. The van der Waals surface area contributed by atoms with E-state index in [0.29, 0.717) is 43.7 Å². The van der Waals surface area contributed by atoms with Gasteiger partial charge in [0, 0.05) is 37.8 Å². The number of carbonyl (C=O) groups is 2. The molecule has 0 radical (unpaired) electrons. The molecule has 13 heteroatoms. The molecule has 3 aliphatic rings. The van der Waals surface area contributed by atoms with Crippen LogP contribution in [0.15, 0.2) is 71.6 Å². The molecule has 0 aliphatic carbocycles. The fourth-order valence-corrected chi connectivity index (χ4v) is 8.37. The lowest BCUT2D eigenvalue weighted by molar-refractivity contribution is -0.132. The minimum Gasteiger partial charge on any atom is -0.497 e. The highest BCUT2D eigenvalue weighted by Gasteiger charge is 2.61. The molecule has 3 aromatic rings. The van der Waals surface area contributed by atoms with Crippen LogP contribution in [0.5, 0.6) is 17.2 Å². The van der Waals surface area contributed by atoms with Gasteiger partial charge in [-0.1, -0.05) is 18.2 Å². The number of ether oxygens (including phenoxy) is 4. The zero-order valence-electron chi connectivity index (χ0n) is 28.6. The van der Waals surface area contributed by atoms with Crippen molar-refractivity contribution < 1.29 is 37.0 Å². The number of piperidine rings is 1. The number of piperazine rings is 1. The third kappa shape index (κ3) is 6.42. The number of sulfonamides is 1. The van der Waals surface area contributed by atoms with Gasteiger partial charge < -0.3 is 28.7 Å². The van der Waals surface area contributed by atoms with Crippen LogP contribution in [0.1, 0.15) is 37.8 Å². The van der Waals surface area contributed by atoms with Crippen molar-refractivity contribution in [2.24, 2.45) is 0 Å². The van der Waals surface area contributed by atoms with Crippen molar-refractivity contribution in [3.63, 3.8) is 0 Å². The highest BCUT2D eigenvalue weighted by atomic mass is 32.2. The summed E-state index contributed by atoms with van der Waals surface area (Å²) in [7, 11) is 0.564. The summed E-state index contributed by atoms with van der Waals surface area (Å²) >= 11 is 0. The van der Waals surface area contributed by atoms with Crippen molar-refractivity contribution >= 4 is 27.7 Å². The van der Waals surface area contributed by atoms with E-state index < -0.39 is 27.6 Å². The van der Waals surface area contributed by atoms with Crippen molar-refractivity contribution in [3.05, 3.63) is 77.9 Å². The van der Waals surface area contributed by atoms with E-state index in [1.807, 2.05) is 13.8 Å². The first kappa shape index (κ1) is 34.5. The number of likely N-dealkylation sites (tertiary alicyclic amines) is 1. The Morgan fingerprint density at radius 3 is 2.10 bits per heavy atom. The molecule has 0 spiro atoms. The molecular formula is C36H44N4O8S. The first-order valence-corrected chi connectivity index (χ1v) is 18.0. The van der Waals surface area contributed by atoms with Gasteiger partial charge in [-0.3, -0.25) is 9.69 Å². The number of hydrogen-bond acceptors (Lipinski definition) is 10. The van der Waals surface area contributed by atoms with Crippen molar-refractivity contribution in [1.29, 1.82) is 0 Å². The summed E-state index contributed by atoms with van der Waals surface area (Å²) in [6, 6.07) is 17.6. The van der Waals surface area contributed by atoms with Gasteiger partial charge in [0.15, 0.2) is 0 Å². The van der Waals surface area contributed by atoms with Crippen LogP contribution in [0, 0.1) is 0 Å². The first-order chi connectivity index (χ1) is 23.5. The summed E-state index contributed by atoms with van der Waals surface area (Å²) in [5.74, 6) is 0.119. The summed E-state index contributed by atoms with van der Waals surface area (Å²) in [6.07, 6.45) is 1.11. The number of fused-ring (bicyclic) bond motifs is 1. The molecule has 3 heterocycles. The van der Waals surface area contributed by atoms with E-state index in [9.17, 15) is 13.2 Å². The van der Waals surface area contributed by atoms with Gasteiger partial charge in [-0.25, -0.2) is 13.2 Å². The van der Waals surface area contributed by atoms with Crippen LogP contribution in [-0.2, 0) is 25.2 Å². The van der Waals surface area contributed by atoms with Crippen molar-refractivity contribution in [1.82, 2.24) is 14.7 Å². The molecule has 0 N–H and O–H groups in total. The molecule has 0 saturated carbocycles. The maximum absolute atomic E-state index is 15.1. The summed E-state index contributed by atoms with van der Waals surface area (Å²) in [5.41, 5.74) is -1.83. The Balaban J connectivity index is 1.43. The number of anilines is 1. The van der Waals surface area contributed by atoms with Crippen molar-refractivity contribution in [3.8, 4) is 17.2 Å². The predicted molar refractivity (Wildman–Crippen MR) is 184 cm³/mol. The van der Waals surface area contributed by atoms with E-state index in [-0.39, 0.29) is 33.6 Å². The van der Waals surface area contributed by atoms with E-state index in [2.05, 4.69) is 16.8 Å². The number of benzene rings is 3. The lowest BCUT2D eigenvalue weighted by atomic mass is 9.86. The fourth-order valence-electron chi connectivity index (χ4n) is 6.91. The van der Waals surface area contributed by atoms with E-state index in [1.54, 1.807) is 41.3 Å². The Labute approximate surface area is 288 Å². The first-order valence-electron chi connectivity index (χ1n) is 16.6. The highest BCUT2D eigenvalue weighted by Crippen LogP contribution is 2.52. The van der Waals surface area contributed by atoms with Crippen LogP contribution >= 0.6 is 0 Å². The van der Waals surface area contributed by atoms with E-state index in [0.717, 1.165) is 30.2 Å². The van der Waals surface area contributed by atoms with Crippen LogP contribution < -0.4 is 18.5 Å².